The van der Waals surface area contributed by atoms with E-state index in [0.29, 0.717) is 18.8 Å². The van der Waals surface area contributed by atoms with Crippen LogP contribution >= 0.6 is 0 Å². The molecule has 120 valence electrons. The molecule has 0 aromatic carbocycles. The van der Waals surface area contributed by atoms with Crippen molar-refractivity contribution in [3.05, 3.63) is 23.7 Å². The summed E-state index contributed by atoms with van der Waals surface area (Å²) in [6.45, 7) is 4.66. The van der Waals surface area contributed by atoms with Crippen LogP contribution < -0.4 is 0 Å². The average molecular weight is 324 g/mol. The second-order valence-electron chi connectivity index (χ2n) is 5.60. The average Bonchev–Trinajstić information content (AvgIpc) is 3.16. The van der Waals surface area contributed by atoms with Crippen LogP contribution in [0.1, 0.15) is 37.1 Å². The third kappa shape index (κ3) is 2.80. The minimum absolute atomic E-state index is 0.157. The molecule has 1 aliphatic heterocycles. The van der Waals surface area contributed by atoms with Crippen LogP contribution in [0.2, 0.25) is 0 Å². The molecule has 8 heteroatoms. The van der Waals surface area contributed by atoms with Crippen molar-refractivity contribution < 1.29 is 12.9 Å². The molecule has 0 amide bonds. The molecule has 1 aliphatic rings. The number of hydrogen-bond acceptors (Lipinski definition) is 5. The van der Waals surface area contributed by atoms with Gasteiger partial charge in [-0.15, -0.1) is 0 Å². The van der Waals surface area contributed by atoms with Crippen molar-refractivity contribution in [2.75, 3.05) is 18.8 Å². The van der Waals surface area contributed by atoms with Gasteiger partial charge in [0.15, 0.2) is 5.76 Å². The van der Waals surface area contributed by atoms with Gasteiger partial charge in [-0.05, 0) is 26.7 Å². The van der Waals surface area contributed by atoms with Crippen LogP contribution in [0.15, 0.2) is 16.8 Å². The third-order valence-corrected chi connectivity index (χ3v) is 6.06. The maximum atomic E-state index is 11.9. The number of hydrogen-bond donors (Lipinski definition) is 1. The molecule has 1 fully saturated rings. The van der Waals surface area contributed by atoms with Gasteiger partial charge in [0.1, 0.15) is 0 Å². The Morgan fingerprint density at radius 3 is 2.73 bits per heavy atom. The van der Waals surface area contributed by atoms with Crippen molar-refractivity contribution in [3.8, 4) is 11.3 Å². The summed E-state index contributed by atoms with van der Waals surface area (Å²) in [7, 11) is -3.09. The Bertz CT molecular complexity index is 742. The van der Waals surface area contributed by atoms with E-state index in [9.17, 15) is 8.42 Å². The molecular weight excluding hydrogens is 304 g/mol. The number of rotatable bonds is 4. The molecule has 1 saturated heterocycles. The summed E-state index contributed by atoms with van der Waals surface area (Å²) in [6.07, 6.45) is 3.30. The normalized spacial score (nSPS) is 17.9. The molecule has 0 unspecified atom stereocenters. The maximum Gasteiger partial charge on any atom is 0.213 e. The first-order valence-electron chi connectivity index (χ1n) is 7.46. The van der Waals surface area contributed by atoms with Gasteiger partial charge in [0.05, 0.1) is 23.2 Å². The molecule has 1 N–H and O–H groups in total. The van der Waals surface area contributed by atoms with Crippen molar-refractivity contribution in [2.24, 2.45) is 0 Å². The van der Waals surface area contributed by atoms with E-state index in [-0.39, 0.29) is 11.7 Å². The lowest BCUT2D eigenvalue weighted by molar-refractivity contribution is 0.317. The first kappa shape index (κ1) is 15.2. The zero-order chi connectivity index (χ0) is 15.7. The van der Waals surface area contributed by atoms with Crippen LogP contribution in [0.4, 0.5) is 0 Å². The first-order chi connectivity index (χ1) is 10.5. The number of aromatic nitrogens is 3. The highest BCUT2D eigenvalue weighted by Gasteiger charge is 2.30. The standard InChI is InChI=1S/C14H20N4O3S/c1-3-22(19,20)18-6-4-11(5-7-18)14-12(9-15-16-14)13-8-10(2)17-21-13/h8-9,11H,3-7H2,1-2H3,(H,15,16). The second-order valence-corrected chi connectivity index (χ2v) is 7.86. The fourth-order valence-corrected chi connectivity index (χ4v) is 4.03. The molecule has 3 rings (SSSR count). The molecule has 22 heavy (non-hydrogen) atoms. The van der Waals surface area contributed by atoms with E-state index in [0.717, 1.165) is 29.8 Å². The summed E-state index contributed by atoms with van der Waals surface area (Å²) < 4.78 is 30.7. The van der Waals surface area contributed by atoms with E-state index in [4.69, 9.17) is 4.52 Å². The van der Waals surface area contributed by atoms with Gasteiger partial charge in [-0.2, -0.15) is 5.10 Å². The summed E-state index contributed by atoms with van der Waals surface area (Å²) >= 11 is 0. The number of H-pyrrole nitrogens is 1. The molecule has 0 atom stereocenters. The smallest absolute Gasteiger partial charge is 0.213 e. The Morgan fingerprint density at radius 2 is 2.14 bits per heavy atom. The van der Waals surface area contributed by atoms with Crippen molar-refractivity contribution in [2.45, 2.75) is 32.6 Å². The lowest BCUT2D eigenvalue weighted by Gasteiger charge is -2.30. The molecular formula is C14H20N4O3S. The summed E-state index contributed by atoms with van der Waals surface area (Å²) in [4.78, 5) is 0. The predicted octanol–water partition coefficient (Wildman–Crippen LogP) is 1.90. The molecule has 0 spiro atoms. The van der Waals surface area contributed by atoms with E-state index in [1.165, 1.54) is 0 Å². The summed E-state index contributed by atoms with van der Waals surface area (Å²) in [5.74, 6) is 1.11. The SMILES string of the molecule is CCS(=O)(=O)N1CCC(c2[nH]ncc2-c2cc(C)no2)CC1. The third-order valence-electron chi connectivity index (χ3n) is 4.18. The Morgan fingerprint density at radius 1 is 1.41 bits per heavy atom. The van der Waals surface area contributed by atoms with Gasteiger partial charge in [0.2, 0.25) is 10.0 Å². The highest BCUT2D eigenvalue weighted by molar-refractivity contribution is 7.89. The number of sulfonamides is 1. The molecule has 2 aromatic rings. The number of piperidine rings is 1. The van der Waals surface area contributed by atoms with Gasteiger partial charge < -0.3 is 4.52 Å². The molecule has 0 saturated carbocycles. The highest BCUT2D eigenvalue weighted by Crippen LogP contribution is 2.34. The van der Waals surface area contributed by atoms with Crippen LogP contribution in [0.5, 0.6) is 0 Å². The molecule has 0 aliphatic carbocycles. The van der Waals surface area contributed by atoms with Crippen molar-refractivity contribution >= 4 is 10.0 Å². The van der Waals surface area contributed by atoms with E-state index in [2.05, 4.69) is 15.4 Å². The van der Waals surface area contributed by atoms with Crippen molar-refractivity contribution in [1.29, 1.82) is 0 Å². The zero-order valence-corrected chi connectivity index (χ0v) is 13.6. The van der Waals surface area contributed by atoms with Crippen molar-refractivity contribution in [1.82, 2.24) is 19.7 Å². The summed E-state index contributed by atoms with van der Waals surface area (Å²) in [5, 5.41) is 11.1. The zero-order valence-electron chi connectivity index (χ0n) is 12.7. The fourth-order valence-electron chi connectivity index (χ4n) is 2.90. The van der Waals surface area contributed by atoms with Crippen LogP contribution in [-0.2, 0) is 10.0 Å². The van der Waals surface area contributed by atoms with E-state index in [1.807, 2.05) is 13.0 Å². The van der Waals surface area contributed by atoms with Crippen LogP contribution in [0.25, 0.3) is 11.3 Å². The molecule has 7 nitrogen and oxygen atoms in total. The van der Waals surface area contributed by atoms with Crippen LogP contribution in [0, 0.1) is 6.92 Å². The van der Waals surface area contributed by atoms with Gasteiger partial charge in [-0.25, -0.2) is 12.7 Å². The Kier molecular flexibility index (Phi) is 4.05. The molecule has 0 bridgehead atoms. The minimum atomic E-state index is -3.09. The van der Waals surface area contributed by atoms with Gasteiger partial charge in [0, 0.05) is 30.8 Å². The van der Waals surface area contributed by atoms with Crippen LogP contribution in [0.3, 0.4) is 0 Å². The van der Waals surface area contributed by atoms with E-state index >= 15 is 0 Å². The Hall–Kier alpha value is -1.67. The lowest BCUT2D eigenvalue weighted by atomic mass is 9.92. The van der Waals surface area contributed by atoms with Gasteiger partial charge in [-0.3, -0.25) is 5.10 Å². The van der Waals surface area contributed by atoms with Crippen molar-refractivity contribution in [3.63, 3.8) is 0 Å². The first-order valence-corrected chi connectivity index (χ1v) is 9.07. The molecule has 3 heterocycles. The topological polar surface area (TPSA) is 92.1 Å². The van der Waals surface area contributed by atoms with Gasteiger partial charge in [0.25, 0.3) is 0 Å². The molecule has 0 radical (unpaired) electrons. The van der Waals surface area contributed by atoms with E-state index < -0.39 is 10.0 Å². The summed E-state index contributed by atoms with van der Waals surface area (Å²) in [6, 6.07) is 1.88. The largest absolute Gasteiger partial charge is 0.356 e. The minimum Gasteiger partial charge on any atom is -0.356 e. The predicted molar refractivity (Wildman–Crippen MR) is 81.8 cm³/mol. The Balaban J connectivity index is 1.77. The highest BCUT2D eigenvalue weighted by atomic mass is 32.2. The van der Waals surface area contributed by atoms with Crippen LogP contribution in [-0.4, -0.2) is 46.9 Å². The van der Waals surface area contributed by atoms with Gasteiger partial charge >= 0.3 is 0 Å². The fraction of sp³-hybridized carbons (Fsp3) is 0.571. The number of aryl methyl sites for hydroxylation is 1. The Labute approximate surface area is 129 Å². The lowest BCUT2D eigenvalue weighted by Crippen LogP contribution is -2.38. The number of nitrogens with one attached hydrogen (secondary N) is 1. The maximum absolute atomic E-state index is 11.9. The second kappa shape index (κ2) is 5.85. The number of aromatic amines is 1. The molecule has 2 aromatic heterocycles. The van der Waals surface area contributed by atoms with Gasteiger partial charge in [-0.1, -0.05) is 5.16 Å². The monoisotopic (exact) mass is 324 g/mol. The van der Waals surface area contributed by atoms with E-state index in [1.54, 1.807) is 17.4 Å². The summed E-state index contributed by atoms with van der Waals surface area (Å²) in [5.41, 5.74) is 2.74. The quantitative estimate of drug-likeness (QED) is 0.927. The number of nitrogens with zero attached hydrogens (tertiary/aromatic N) is 3.